The lowest BCUT2D eigenvalue weighted by atomic mass is 9.69. The molecule has 2 aliphatic heterocycles. The molecular weight excluding hydrogens is 356 g/mol. The summed E-state index contributed by atoms with van der Waals surface area (Å²) in [4.78, 5) is 25.0. The van der Waals surface area contributed by atoms with E-state index >= 15 is 0 Å². The summed E-state index contributed by atoms with van der Waals surface area (Å²) in [5, 5.41) is 6.82. The van der Waals surface area contributed by atoms with Gasteiger partial charge < -0.3 is 20.1 Å². The first-order valence-corrected chi connectivity index (χ1v) is 10.5. The largest absolute Gasteiger partial charge is 0.461 e. The normalized spacial score (nSPS) is 26.4. The van der Waals surface area contributed by atoms with Crippen LogP contribution in [0.4, 0.5) is 0 Å². The molecule has 0 aliphatic carbocycles. The van der Waals surface area contributed by atoms with E-state index in [0.29, 0.717) is 0 Å². The first kappa shape index (κ1) is 23.1. The molecule has 0 aromatic carbocycles. The van der Waals surface area contributed by atoms with Crippen LogP contribution in [0.25, 0.3) is 0 Å². The molecule has 0 radical (unpaired) electrons. The standard InChI is InChI=1S/C22H40N2O4/c1-19(2)11-23-12-20(3,4)17(19)27-15(25)9-10-16(26)28-18-21(5,6)13-24-14-22(18,7)8/h17-18,23-24H,9-14H2,1-8H3. The molecular formula is C22H40N2O4. The van der Waals surface area contributed by atoms with Crippen LogP contribution in [0.3, 0.4) is 0 Å². The van der Waals surface area contributed by atoms with Crippen LogP contribution in [-0.4, -0.2) is 50.3 Å². The van der Waals surface area contributed by atoms with E-state index in [2.05, 4.69) is 66.0 Å². The molecule has 0 bridgehead atoms. The van der Waals surface area contributed by atoms with Gasteiger partial charge in [0.15, 0.2) is 0 Å². The number of ether oxygens (including phenoxy) is 2. The second kappa shape index (κ2) is 7.94. The topological polar surface area (TPSA) is 76.7 Å². The van der Waals surface area contributed by atoms with E-state index in [1.54, 1.807) is 0 Å². The zero-order chi connectivity index (χ0) is 21.4. The first-order chi connectivity index (χ1) is 12.7. The Bertz CT molecular complexity index is 511. The molecule has 0 spiro atoms. The third-order valence-corrected chi connectivity index (χ3v) is 6.19. The van der Waals surface area contributed by atoms with Crippen molar-refractivity contribution in [3.05, 3.63) is 0 Å². The molecule has 2 saturated heterocycles. The van der Waals surface area contributed by atoms with Crippen molar-refractivity contribution in [2.75, 3.05) is 26.2 Å². The molecule has 2 fully saturated rings. The fourth-order valence-corrected chi connectivity index (χ4v) is 5.12. The maximum atomic E-state index is 12.5. The lowest BCUT2D eigenvalue weighted by Crippen LogP contribution is -2.58. The van der Waals surface area contributed by atoms with Crippen molar-refractivity contribution in [3.63, 3.8) is 0 Å². The first-order valence-electron chi connectivity index (χ1n) is 10.5. The van der Waals surface area contributed by atoms with Gasteiger partial charge in [-0.25, -0.2) is 0 Å². The summed E-state index contributed by atoms with van der Waals surface area (Å²) in [5.74, 6) is -0.650. The monoisotopic (exact) mass is 396 g/mol. The van der Waals surface area contributed by atoms with Crippen molar-refractivity contribution < 1.29 is 19.1 Å². The van der Waals surface area contributed by atoms with Crippen LogP contribution in [-0.2, 0) is 19.1 Å². The van der Waals surface area contributed by atoms with E-state index in [1.165, 1.54) is 0 Å². The summed E-state index contributed by atoms with van der Waals surface area (Å²) in [6, 6.07) is 0. The predicted molar refractivity (Wildman–Crippen MR) is 110 cm³/mol. The minimum absolute atomic E-state index is 0.0563. The maximum Gasteiger partial charge on any atom is 0.306 e. The number of nitrogens with one attached hydrogen (secondary N) is 2. The van der Waals surface area contributed by atoms with Gasteiger partial charge in [-0.15, -0.1) is 0 Å². The van der Waals surface area contributed by atoms with E-state index in [-0.39, 0.29) is 58.6 Å². The number of carbonyl (C=O) groups is 2. The van der Waals surface area contributed by atoms with Gasteiger partial charge in [-0.05, 0) is 0 Å². The van der Waals surface area contributed by atoms with Gasteiger partial charge in [0.05, 0.1) is 12.8 Å². The molecule has 0 aromatic rings. The lowest BCUT2D eigenvalue weighted by molar-refractivity contribution is -0.176. The fourth-order valence-electron chi connectivity index (χ4n) is 5.12. The predicted octanol–water partition coefficient (Wildman–Crippen LogP) is 2.90. The highest BCUT2D eigenvalue weighted by atomic mass is 16.6. The quantitative estimate of drug-likeness (QED) is 0.696. The molecule has 0 aromatic heterocycles. The van der Waals surface area contributed by atoms with Crippen molar-refractivity contribution in [2.45, 2.75) is 80.4 Å². The van der Waals surface area contributed by atoms with E-state index < -0.39 is 0 Å². The van der Waals surface area contributed by atoms with Gasteiger partial charge in [0.25, 0.3) is 0 Å². The second-order valence-electron chi connectivity index (χ2n) is 11.4. The smallest absolute Gasteiger partial charge is 0.306 e. The highest BCUT2D eigenvalue weighted by Crippen LogP contribution is 2.40. The molecule has 2 N–H and O–H groups in total. The zero-order valence-corrected chi connectivity index (χ0v) is 19.0. The molecule has 6 heteroatoms. The van der Waals surface area contributed by atoms with Crippen molar-refractivity contribution in [1.29, 1.82) is 0 Å². The van der Waals surface area contributed by atoms with Crippen molar-refractivity contribution in [3.8, 4) is 0 Å². The number of rotatable bonds is 5. The Morgan fingerprint density at radius 2 is 0.893 bits per heavy atom. The molecule has 162 valence electrons. The van der Waals surface area contributed by atoms with Crippen molar-refractivity contribution in [2.24, 2.45) is 21.7 Å². The molecule has 0 unspecified atom stereocenters. The van der Waals surface area contributed by atoms with Gasteiger partial charge >= 0.3 is 11.9 Å². The van der Waals surface area contributed by atoms with E-state index in [1.807, 2.05) is 0 Å². The Morgan fingerprint density at radius 3 is 1.14 bits per heavy atom. The summed E-state index contributed by atoms with van der Waals surface area (Å²) in [5.41, 5.74) is -0.607. The van der Waals surface area contributed by atoms with Gasteiger partial charge in [0, 0.05) is 47.8 Å². The summed E-state index contributed by atoms with van der Waals surface area (Å²) in [6.07, 6.45) is -0.263. The molecule has 6 nitrogen and oxygen atoms in total. The average Bonchev–Trinajstić information content (AvgIpc) is 2.52. The van der Waals surface area contributed by atoms with Crippen molar-refractivity contribution >= 4 is 11.9 Å². The number of hydrogen-bond donors (Lipinski definition) is 2. The minimum Gasteiger partial charge on any atom is -0.461 e. The molecule has 2 rings (SSSR count). The van der Waals surface area contributed by atoms with E-state index in [4.69, 9.17) is 9.47 Å². The Balaban J connectivity index is 1.91. The van der Waals surface area contributed by atoms with Gasteiger partial charge in [-0.3, -0.25) is 9.59 Å². The van der Waals surface area contributed by atoms with Gasteiger partial charge in [-0.2, -0.15) is 0 Å². The average molecular weight is 397 g/mol. The maximum absolute atomic E-state index is 12.5. The van der Waals surface area contributed by atoms with Crippen LogP contribution in [0, 0.1) is 21.7 Å². The molecule has 2 heterocycles. The van der Waals surface area contributed by atoms with Crippen LogP contribution >= 0.6 is 0 Å². The molecule has 28 heavy (non-hydrogen) atoms. The summed E-state index contributed by atoms with van der Waals surface area (Å²) in [7, 11) is 0. The molecule has 0 atom stereocenters. The highest BCUT2D eigenvalue weighted by Gasteiger charge is 2.48. The Hall–Kier alpha value is -1.14. The molecule has 0 saturated carbocycles. The van der Waals surface area contributed by atoms with Crippen LogP contribution in [0.1, 0.15) is 68.2 Å². The summed E-state index contributed by atoms with van der Waals surface area (Å²) in [6.45, 7) is 20.1. The van der Waals surface area contributed by atoms with Crippen LogP contribution in [0.15, 0.2) is 0 Å². The molecule has 0 amide bonds. The van der Waals surface area contributed by atoms with Crippen LogP contribution < -0.4 is 10.6 Å². The Morgan fingerprint density at radius 1 is 0.643 bits per heavy atom. The molecule has 2 aliphatic rings. The van der Waals surface area contributed by atoms with Gasteiger partial charge in [0.2, 0.25) is 0 Å². The highest BCUT2D eigenvalue weighted by molar-refractivity contribution is 5.78. The second-order valence-corrected chi connectivity index (χ2v) is 11.4. The number of esters is 2. The number of carbonyl (C=O) groups excluding carboxylic acids is 2. The van der Waals surface area contributed by atoms with E-state index in [9.17, 15) is 9.59 Å². The Kier molecular flexibility index (Phi) is 6.56. The third-order valence-electron chi connectivity index (χ3n) is 6.19. The van der Waals surface area contributed by atoms with Crippen LogP contribution in [0.2, 0.25) is 0 Å². The minimum atomic E-state index is -0.325. The van der Waals surface area contributed by atoms with Crippen LogP contribution in [0.5, 0.6) is 0 Å². The zero-order valence-electron chi connectivity index (χ0n) is 19.0. The number of hydrogen-bond acceptors (Lipinski definition) is 6. The van der Waals surface area contributed by atoms with E-state index in [0.717, 1.165) is 26.2 Å². The Labute approximate surface area is 170 Å². The lowest BCUT2D eigenvalue weighted by Gasteiger charge is -2.48. The third kappa shape index (κ3) is 5.26. The SMILES string of the molecule is CC1(C)CNCC(C)(C)C1OC(=O)CCC(=O)OC1C(C)(C)CNCC1(C)C. The summed E-state index contributed by atoms with van der Waals surface area (Å²) >= 11 is 0. The van der Waals surface area contributed by atoms with Gasteiger partial charge in [-0.1, -0.05) is 55.4 Å². The fraction of sp³-hybridized carbons (Fsp3) is 0.909. The van der Waals surface area contributed by atoms with Crippen molar-refractivity contribution in [1.82, 2.24) is 10.6 Å². The number of piperidine rings is 2. The summed E-state index contributed by atoms with van der Waals surface area (Å²) < 4.78 is 11.7. The van der Waals surface area contributed by atoms with Gasteiger partial charge in [0.1, 0.15) is 12.2 Å².